The van der Waals surface area contributed by atoms with Crippen LogP contribution in [0.3, 0.4) is 0 Å². The number of amides is 1. The highest BCUT2D eigenvalue weighted by Crippen LogP contribution is 2.09. The van der Waals surface area contributed by atoms with Gasteiger partial charge in [0.05, 0.1) is 0 Å². The van der Waals surface area contributed by atoms with Crippen molar-refractivity contribution in [1.82, 2.24) is 10.2 Å². The van der Waals surface area contributed by atoms with Gasteiger partial charge in [0.2, 0.25) is 5.91 Å². The number of nitrogens with one attached hydrogen (secondary N) is 1. The quantitative estimate of drug-likeness (QED) is 0.708. The minimum atomic E-state index is -0.998. The molecular weight excluding hydrogens is 248 g/mol. The predicted octanol–water partition coefficient (Wildman–Crippen LogP) is 1.14. The van der Waals surface area contributed by atoms with Gasteiger partial charge in [-0.1, -0.05) is 13.8 Å². The smallest absolute Gasteiger partial charge is 0.235 e. The number of carbonyl (C=O) groups excluding carboxylic acids is 1. The molecule has 1 amide bonds. The van der Waals surface area contributed by atoms with Crippen molar-refractivity contribution in [1.29, 1.82) is 0 Å². The summed E-state index contributed by atoms with van der Waals surface area (Å²) < 4.78 is 11.8. The van der Waals surface area contributed by atoms with Gasteiger partial charge in [0.15, 0.2) is 0 Å². The van der Waals surface area contributed by atoms with Gasteiger partial charge in [-0.25, -0.2) is 0 Å². The van der Waals surface area contributed by atoms with Crippen LogP contribution in [-0.2, 0) is 15.6 Å². The normalized spacial score (nSPS) is 18.1. The van der Waals surface area contributed by atoms with Crippen LogP contribution in [0, 0.1) is 0 Å². The zero-order valence-electron chi connectivity index (χ0n) is 11.6. The largest absolute Gasteiger partial charge is 0.342 e. The Kier molecular flexibility index (Phi) is 7.51. The van der Waals surface area contributed by atoms with Crippen LogP contribution in [0.15, 0.2) is 0 Å². The van der Waals surface area contributed by atoms with E-state index in [4.69, 9.17) is 0 Å². The van der Waals surface area contributed by atoms with Crippen LogP contribution in [0.1, 0.15) is 39.5 Å². The van der Waals surface area contributed by atoms with Gasteiger partial charge in [0.1, 0.15) is 5.75 Å². The van der Waals surface area contributed by atoms with Gasteiger partial charge in [-0.3, -0.25) is 9.00 Å². The van der Waals surface area contributed by atoms with E-state index in [9.17, 15) is 9.00 Å². The average molecular weight is 274 g/mol. The Balaban J connectivity index is 2.12. The third-order valence-electron chi connectivity index (χ3n) is 3.09. The number of hydrogen-bond donors (Lipinski definition) is 1. The maximum atomic E-state index is 11.9. The van der Waals surface area contributed by atoms with Crippen molar-refractivity contribution in [3.8, 4) is 0 Å². The van der Waals surface area contributed by atoms with Crippen LogP contribution < -0.4 is 5.32 Å². The lowest BCUT2D eigenvalue weighted by molar-refractivity contribution is -0.129. The Morgan fingerprint density at radius 1 is 1.28 bits per heavy atom. The fourth-order valence-corrected chi connectivity index (χ4v) is 3.14. The molecule has 4 nitrogen and oxygen atoms in total. The lowest BCUT2D eigenvalue weighted by Crippen LogP contribution is -2.38. The zero-order valence-corrected chi connectivity index (χ0v) is 12.4. The van der Waals surface area contributed by atoms with Crippen LogP contribution in [0.5, 0.6) is 0 Å². The van der Waals surface area contributed by atoms with Gasteiger partial charge in [0.25, 0.3) is 0 Å². The van der Waals surface area contributed by atoms with Crippen LogP contribution in [0.25, 0.3) is 0 Å². The van der Waals surface area contributed by atoms with Crippen molar-refractivity contribution >= 4 is 16.7 Å². The fraction of sp³-hybridized carbons (Fsp3) is 0.923. The van der Waals surface area contributed by atoms with E-state index in [-0.39, 0.29) is 11.7 Å². The number of nitrogens with zero attached hydrogens (tertiary/aromatic N) is 1. The molecule has 106 valence electrons. The van der Waals surface area contributed by atoms with Crippen molar-refractivity contribution in [3.63, 3.8) is 0 Å². The van der Waals surface area contributed by atoms with Crippen molar-refractivity contribution in [3.05, 3.63) is 0 Å². The van der Waals surface area contributed by atoms with Crippen LogP contribution in [0.4, 0.5) is 0 Å². The molecule has 0 radical (unpaired) electrons. The molecule has 1 atom stereocenters. The van der Waals surface area contributed by atoms with Gasteiger partial charge in [-0.2, -0.15) is 0 Å². The molecule has 0 aromatic heterocycles. The van der Waals surface area contributed by atoms with E-state index in [1.54, 1.807) is 0 Å². The molecule has 1 heterocycles. The molecule has 0 aromatic carbocycles. The molecule has 1 fully saturated rings. The van der Waals surface area contributed by atoms with Crippen molar-refractivity contribution < 1.29 is 9.00 Å². The monoisotopic (exact) mass is 274 g/mol. The van der Waals surface area contributed by atoms with Crippen molar-refractivity contribution in [2.75, 3.05) is 31.1 Å². The summed E-state index contributed by atoms with van der Waals surface area (Å²) in [7, 11) is -0.998. The summed E-state index contributed by atoms with van der Waals surface area (Å²) in [6.07, 6.45) is 4.28. The topological polar surface area (TPSA) is 49.4 Å². The number of carbonyl (C=O) groups is 1. The molecule has 0 aromatic rings. The average Bonchev–Trinajstić information content (AvgIpc) is 2.35. The third kappa shape index (κ3) is 6.50. The van der Waals surface area contributed by atoms with Crippen molar-refractivity contribution in [2.24, 2.45) is 0 Å². The number of piperidine rings is 1. The SMILES string of the molecule is CC(C)NCCCS(=O)CC(=O)N1CCCCC1. The summed E-state index contributed by atoms with van der Waals surface area (Å²) in [4.78, 5) is 13.7. The van der Waals surface area contributed by atoms with E-state index in [1.165, 1.54) is 6.42 Å². The first kappa shape index (κ1) is 15.6. The number of hydrogen-bond acceptors (Lipinski definition) is 3. The first-order valence-corrected chi connectivity index (χ1v) is 8.44. The molecule has 1 aliphatic rings. The lowest BCUT2D eigenvalue weighted by Gasteiger charge is -2.26. The Morgan fingerprint density at radius 2 is 1.94 bits per heavy atom. The molecule has 0 bridgehead atoms. The fourth-order valence-electron chi connectivity index (χ4n) is 2.07. The minimum absolute atomic E-state index is 0.0739. The van der Waals surface area contributed by atoms with E-state index in [0.717, 1.165) is 38.9 Å². The molecule has 1 saturated heterocycles. The Morgan fingerprint density at radius 3 is 2.56 bits per heavy atom. The zero-order chi connectivity index (χ0) is 13.4. The van der Waals surface area contributed by atoms with Crippen LogP contribution in [0.2, 0.25) is 0 Å². The summed E-state index contributed by atoms with van der Waals surface area (Å²) in [5, 5.41) is 3.29. The molecule has 1 N–H and O–H groups in total. The molecule has 0 aliphatic carbocycles. The second-order valence-electron chi connectivity index (χ2n) is 5.19. The Labute approximate surface area is 113 Å². The predicted molar refractivity (Wildman–Crippen MR) is 76.1 cm³/mol. The summed E-state index contributed by atoms with van der Waals surface area (Å²) in [5.74, 6) is 0.908. The van der Waals surface area contributed by atoms with Gasteiger partial charge >= 0.3 is 0 Å². The van der Waals surface area contributed by atoms with E-state index in [2.05, 4.69) is 19.2 Å². The maximum absolute atomic E-state index is 11.9. The summed E-state index contributed by atoms with van der Waals surface area (Å²) in [6.45, 7) is 6.77. The molecule has 5 heteroatoms. The Hall–Kier alpha value is -0.420. The molecule has 0 spiro atoms. The minimum Gasteiger partial charge on any atom is -0.342 e. The standard InChI is InChI=1S/C13H26N2O2S/c1-12(2)14-7-6-10-18(17)11-13(16)15-8-4-3-5-9-15/h12,14H,3-11H2,1-2H3. The summed E-state index contributed by atoms with van der Waals surface area (Å²) >= 11 is 0. The van der Waals surface area contributed by atoms with Gasteiger partial charge in [-0.15, -0.1) is 0 Å². The lowest BCUT2D eigenvalue weighted by atomic mass is 10.1. The van der Waals surface area contributed by atoms with E-state index in [0.29, 0.717) is 11.8 Å². The second-order valence-corrected chi connectivity index (χ2v) is 6.77. The molecule has 18 heavy (non-hydrogen) atoms. The molecular formula is C13H26N2O2S. The van der Waals surface area contributed by atoms with Gasteiger partial charge < -0.3 is 10.2 Å². The summed E-state index contributed by atoms with van der Waals surface area (Å²) in [6, 6.07) is 0.466. The first-order chi connectivity index (χ1) is 8.59. The van der Waals surface area contributed by atoms with E-state index in [1.807, 2.05) is 4.90 Å². The first-order valence-electron chi connectivity index (χ1n) is 6.95. The molecule has 1 aliphatic heterocycles. The number of likely N-dealkylation sites (tertiary alicyclic amines) is 1. The van der Waals surface area contributed by atoms with E-state index >= 15 is 0 Å². The third-order valence-corrected chi connectivity index (χ3v) is 4.41. The highest BCUT2D eigenvalue weighted by molar-refractivity contribution is 7.85. The van der Waals surface area contributed by atoms with E-state index < -0.39 is 10.8 Å². The molecule has 0 saturated carbocycles. The second kappa shape index (κ2) is 8.64. The van der Waals surface area contributed by atoms with Crippen LogP contribution in [-0.4, -0.2) is 52.2 Å². The van der Waals surface area contributed by atoms with Crippen LogP contribution >= 0.6 is 0 Å². The molecule has 1 rings (SSSR count). The number of rotatable bonds is 7. The highest BCUT2D eigenvalue weighted by atomic mass is 32.2. The summed E-state index contributed by atoms with van der Waals surface area (Å²) in [5.41, 5.74) is 0. The van der Waals surface area contributed by atoms with Crippen molar-refractivity contribution in [2.45, 2.75) is 45.6 Å². The molecule has 1 unspecified atom stereocenters. The highest BCUT2D eigenvalue weighted by Gasteiger charge is 2.18. The maximum Gasteiger partial charge on any atom is 0.235 e. The Bertz CT molecular complexity index is 276. The van der Waals surface area contributed by atoms with Gasteiger partial charge in [-0.05, 0) is 32.2 Å². The van der Waals surface area contributed by atoms with Gasteiger partial charge in [0, 0.05) is 35.7 Å².